The van der Waals surface area contributed by atoms with Crippen molar-refractivity contribution in [3.05, 3.63) is 30.6 Å². The lowest BCUT2D eigenvalue weighted by atomic mass is 9.79. The molecule has 2 aromatic rings. The Labute approximate surface area is 163 Å². The van der Waals surface area contributed by atoms with Gasteiger partial charge in [0.25, 0.3) is 0 Å². The summed E-state index contributed by atoms with van der Waals surface area (Å²) < 4.78 is 5.10. The van der Waals surface area contributed by atoms with Crippen molar-refractivity contribution in [3.63, 3.8) is 0 Å². The number of hydrogen-bond donors (Lipinski definition) is 0. The quantitative estimate of drug-likeness (QED) is 0.541. The third kappa shape index (κ3) is 5.72. The summed E-state index contributed by atoms with van der Waals surface area (Å²) in [4.78, 5) is 17.8. The van der Waals surface area contributed by atoms with E-state index in [4.69, 9.17) is 4.74 Å². The summed E-state index contributed by atoms with van der Waals surface area (Å²) >= 11 is 0. The Morgan fingerprint density at radius 2 is 1.52 bits per heavy atom. The van der Waals surface area contributed by atoms with Crippen molar-refractivity contribution in [1.29, 1.82) is 0 Å². The van der Waals surface area contributed by atoms with E-state index in [9.17, 15) is 0 Å². The Kier molecular flexibility index (Phi) is 7.55. The monoisotopic (exact) mass is 368 g/mol. The highest BCUT2D eigenvalue weighted by molar-refractivity contribution is 5.51. The first-order valence-electron chi connectivity index (χ1n) is 10.5. The number of aromatic nitrogens is 4. The second-order valence-electron chi connectivity index (χ2n) is 7.70. The number of unbranched alkanes of at least 4 members (excludes halogenated alkanes) is 4. The largest absolute Gasteiger partial charge is 0.494 e. The number of rotatable bonds is 9. The maximum Gasteiger partial charge on any atom is 0.162 e. The van der Waals surface area contributed by atoms with E-state index < -0.39 is 0 Å². The fourth-order valence-electron chi connectivity index (χ4n) is 3.98. The Morgan fingerprint density at radius 3 is 2.15 bits per heavy atom. The minimum absolute atomic E-state index is 0.507. The first-order chi connectivity index (χ1) is 13.3. The highest BCUT2D eigenvalue weighted by Gasteiger charge is 2.24. The van der Waals surface area contributed by atoms with Crippen molar-refractivity contribution in [2.45, 2.75) is 77.0 Å². The molecule has 1 fully saturated rings. The predicted molar refractivity (Wildman–Crippen MR) is 108 cm³/mol. The van der Waals surface area contributed by atoms with Crippen molar-refractivity contribution in [1.82, 2.24) is 19.9 Å². The van der Waals surface area contributed by atoms with Gasteiger partial charge in [-0.15, -0.1) is 0 Å². The Morgan fingerprint density at radius 1 is 0.852 bits per heavy atom. The number of hydrogen-bond acceptors (Lipinski definition) is 5. The van der Waals surface area contributed by atoms with E-state index in [1.165, 1.54) is 64.2 Å². The third-order valence-corrected chi connectivity index (χ3v) is 5.72. The molecule has 3 rings (SSSR count). The van der Waals surface area contributed by atoms with Gasteiger partial charge >= 0.3 is 0 Å². The predicted octanol–water partition coefficient (Wildman–Crippen LogP) is 5.58. The molecule has 1 saturated carbocycles. The van der Waals surface area contributed by atoms with Crippen LogP contribution in [0, 0.1) is 5.92 Å². The molecule has 27 heavy (non-hydrogen) atoms. The lowest BCUT2D eigenvalue weighted by molar-refractivity contribution is 0.296. The van der Waals surface area contributed by atoms with Gasteiger partial charge in [0.05, 0.1) is 25.1 Å². The molecule has 0 saturated heterocycles. The Hall–Kier alpha value is -2.04. The number of ether oxygens (including phenoxy) is 1. The summed E-state index contributed by atoms with van der Waals surface area (Å²) in [5.74, 6) is 3.68. The fourth-order valence-corrected chi connectivity index (χ4v) is 3.98. The van der Waals surface area contributed by atoms with Gasteiger partial charge in [-0.25, -0.2) is 19.9 Å². The van der Waals surface area contributed by atoms with Gasteiger partial charge in [-0.2, -0.15) is 0 Å². The summed E-state index contributed by atoms with van der Waals surface area (Å²) in [5.41, 5.74) is 0.849. The van der Waals surface area contributed by atoms with Crippen molar-refractivity contribution >= 4 is 0 Å². The van der Waals surface area contributed by atoms with E-state index in [1.54, 1.807) is 19.5 Å². The molecule has 1 aliphatic carbocycles. The average Bonchev–Trinajstić information content (AvgIpc) is 2.74. The maximum absolute atomic E-state index is 5.10. The highest BCUT2D eigenvalue weighted by Crippen LogP contribution is 2.36. The van der Waals surface area contributed by atoms with Crippen LogP contribution in [0.25, 0.3) is 11.4 Å². The van der Waals surface area contributed by atoms with Crippen LogP contribution < -0.4 is 4.74 Å². The van der Waals surface area contributed by atoms with Crippen LogP contribution in [0.1, 0.15) is 82.9 Å². The first kappa shape index (κ1) is 19.7. The van der Waals surface area contributed by atoms with E-state index in [2.05, 4.69) is 26.9 Å². The molecule has 0 N–H and O–H groups in total. The lowest BCUT2D eigenvalue weighted by Crippen LogP contribution is -2.15. The number of nitrogens with zero attached hydrogens (tertiary/aromatic N) is 4. The van der Waals surface area contributed by atoms with E-state index >= 15 is 0 Å². The number of methoxy groups -OCH3 is 1. The molecule has 0 radical (unpaired) electrons. The van der Waals surface area contributed by atoms with E-state index in [0.717, 1.165) is 17.3 Å². The van der Waals surface area contributed by atoms with Crippen molar-refractivity contribution in [2.75, 3.05) is 7.11 Å². The molecule has 0 spiro atoms. The highest BCUT2D eigenvalue weighted by atomic mass is 16.5. The molecule has 5 heteroatoms. The van der Waals surface area contributed by atoms with E-state index in [0.29, 0.717) is 17.5 Å². The molecular weight excluding hydrogens is 336 g/mol. The van der Waals surface area contributed by atoms with Gasteiger partial charge in [0, 0.05) is 18.3 Å². The van der Waals surface area contributed by atoms with Crippen molar-refractivity contribution in [2.24, 2.45) is 5.92 Å². The topological polar surface area (TPSA) is 60.8 Å². The zero-order valence-electron chi connectivity index (χ0n) is 16.7. The van der Waals surface area contributed by atoms with Crippen LogP contribution in [0.4, 0.5) is 0 Å². The lowest BCUT2D eigenvalue weighted by Gasteiger charge is -2.27. The molecule has 2 heterocycles. The summed E-state index contributed by atoms with van der Waals surface area (Å²) in [5, 5.41) is 0. The minimum Gasteiger partial charge on any atom is -0.494 e. The third-order valence-electron chi connectivity index (χ3n) is 5.72. The van der Waals surface area contributed by atoms with Gasteiger partial charge in [0.15, 0.2) is 11.6 Å². The van der Waals surface area contributed by atoms with Crippen LogP contribution in [0.15, 0.2) is 24.8 Å². The molecule has 0 bridgehead atoms. The van der Waals surface area contributed by atoms with Crippen LogP contribution in [0.2, 0.25) is 0 Å². The summed E-state index contributed by atoms with van der Waals surface area (Å²) in [7, 11) is 1.61. The van der Waals surface area contributed by atoms with Crippen molar-refractivity contribution < 1.29 is 4.74 Å². The van der Waals surface area contributed by atoms with Crippen LogP contribution in [0.5, 0.6) is 5.75 Å². The molecule has 0 amide bonds. The normalized spacial score (nSPS) is 19.8. The molecule has 2 aromatic heterocycles. The van der Waals surface area contributed by atoms with Gasteiger partial charge in [0.2, 0.25) is 0 Å². The molecule has 5 nitrogen and oxygen atoms in total. The first-order valence-corrected chi connectivity index (χ1v) is 10.5. The van der Waals surface area contributed by atoms with Crippen molar-refractivity contribution in [3.8, 4) is 17.1 Å². The van der Waals surface area contributed by atoms with E-state index in [-0.39, 0.29) is 0 Å². The second kappa shape index (κ2) is 10.3. The van der Waals surface area contributed by atoms with Gasteiger partial charge in [-0.1, -0.05) is 45.4 Å². The van der Waals surface area contributed by atoms with Gasteiger partial charge in [-0.3, -0.25) is 0 Å². The fraction of sp³-hybridized carbons (Fsp3) is 0.636. The van der Waals surface area contributed by atoms with Gasteiger partial charge < -0.3 is 4.74 Å². The van der Waals surface area contributed by atoms with Gasteiger partial charge in [0.1, 0.15) is 5.82 Å². The van der Waals surface area contributed by atoms with Crippen LogP contribution in [0.3, 0.4) is 0 Å². The summed E-state index contributed by atoms with van der Waals surface area (Å²) in [6.07, 6.45) is 20.5. The Bertz CT molecular complexity index is 664. The van der Waals surface area contributed by atoms with Crippen LogP contribution in [-0.2, 0) is 0 Å². The molecule has 0 unspecified atom stereocenters. The van der Waals surface area contributed by atoms with Crippen LogP contribution in [-0.4, -0.2) is 27.0 Å². The molecule has 1 aliphatic rings. The SMILES string of the molecule is CCCCCCCC1CCC(c2ncc(-c3ncc(OC)cn3)cn2)CC1. The standard InChI is InChI=1S/C22H32N4O/c1-3-4-5-6-7-8-17-9-11-18(12-10-17)21-23-13-19(14-24-21)22-25-15-20(27-2)16-26-22/h13-18H,3-12H2,1-2H3. The molecule has 0 aliphatic heterocycles. The minimum atomic E-state index is 0.507. The van der Waals surface area contributed by atoms with E-state index in [1.807, 2.05) is 12.4 Å². The molecule has 0 aromatic carbocycles. The maximum atomic E-state index is 5.10. The molecule has 0 atom stereocenters. The van der Waals surface area contributed by atoms with Crippen LogP contribution >= 0.6 is 0 Å². The Balaban J connectivity index is 1.47. The summed E-state index contributed by atoms with van der Waals surface area (Å²) in [6.45, 7) is 2.28. The average molecular weight is 369 g/mol. The zero-order valence-corrected chi connectivity index (χ0v) is 16.7. The zero-order chi connectivity index (χ0) is 18.9. The van der Waals surface area contributed by atoms with Gasteiger partial charge in [-0.05, 0) is 31.6 Å². The molecule has 146 valence electrons. The molecular formula is C22H32N4O. The summed E-state index contributed by atoms with van der Waals surface area (Å²) in [6, 6.07) is 0. The second-order valence-corrected chi connectivity index (χ2v) is 7.70. The smallest absolute Gasteiger partial charge is 0.162 e.